The van der Waals surface area contributed by atoms with E-state index in [2.05, 4.69) is 6.92 Å². The highest BCUT2D eigenvalue weighted by molar-refractivity contribution is 7.86. The van der Waals surface area contributed by atoms with Crippen LogP contribution < -0.4 is 0 Å². The molecule has 0 spiro atoms. The Kier molecular flexibility index (Phi) is 12.7. The molecule has 26 heavy (non-hydrogen) atoms. The highest BCUT2D eigenvalue weighted by Gasteiger charge is 2.23. The van der Waals surface area contributed by atoms with E-state index in [1.54, 1.807) is 6.42 Å². The van der Waals surface area contributed by atoms with Gasteiger partial charge in [-0.1, -0.05) is 114 Å². The summed E-state index contributed by atoms with van der Waals surface area (Å²) in [6, 6.07) is 9.36. The smallest absolute Gasteiger partial charge is 0.268 e. The van der Waals surface area contributed by atoms with E-state index < -0.39 is 15.4 Å². The van der Waals surface area contributed by atoms with Crippen molar-refractivity contribution in [3.8, 4) is 0 Å². The summed E-state index contributed by atoms with van der Waals surface area (Å²) < 4.78 is 32.6. The van der Waals surface area contributed by atoms with Gasteiger partial charge in [-0.25, -0.2) is 0 Å². The van der Waals surface area contributed by atoms with Crippen LogP contribution in [0.25, 0.3) is 0 Å². The standard InChI is InChI=1S/C22H37O3S/c1-2-3-4-5-6-7-8-9-10-11-12-16-19-22(26(23,24)25)20-21-17-14-13-15-18-21/h13-15,17-18,20,22H,2-12,16,19H2,1H3,(H,23,24,25). The highest BCUT2D eigenvalue weighted by atomic mass is 32.2. The summed E-state index contributed by atoms with van der Waals surface area (Å²) in [4.78, 5) is 0. The predicted octanol–water partition coefficient (Wildman–Crippen LogP) is 6.59. The van der Waals surface area contributed by atoms with Crippen molar-refractivity contribution in [2.75, 3.05) is 0 Å². The van der Waals surface area contributed by atoms with Crippen LogP contribution in [-0.2, 0) is 10.1 Å². The molecule has 0 aliphatic heterocycles. The molecule has 1 unspecified atom stereocenters. The first-order chi connectivity index (χ1) is 12.5. The van der Waals surface area contributed by atoms with Crippen LogP contribution in [0.5, 0.6) is 0 Å². The third-order valence-electron chi connectivity index (χ3n) is 4.90. The molecular formula is C22H37O3S. The Morgan fingerprint density at radius 3 is 1.73 bits per heavy atom. The summed E-state index contributed by atoms with van der Waals surface area (Å²) in [5.41, 5.74) is 0.842. The second-order valence-electron chi connectivity index (χ2n) is 7.31. The molecule has 0 saturated heterocycles. The van der Waals surface area contributed by atoms with Crippen molar-refractivity contribution >= 4 is 10.1 Å². The molecule has 1 atom stereocenters. The SMILES string of the molecule is CCCCCCCCCCCCCCC([CH]c1ccccc1)S(=O)(=O)O. The molecule has 0 aliphatic rings. The Hall–Kier alpha value is -0.870. The monoisotopic (exact) mass is 381 g/mol. The average Bonchev–Trinajstić information content (AvgIpc) is 2.61. The second kappa shape index (κ2) is 14.2. The van der Waals surface area contributed by atoms with Crippen molar-refractivity contribution < 1.29 is 13.0 Å². The lowest BCUT2D eigenvalue weighted by Gasteiger charge is -2.13. The molecule has 0 saturated carbocycles. The summed E-state index contributed by atoms with van der Waals surface area (Å²) in [6.45, 7) is 2.25. The number of hydrogen-bond acceptors (Lipinski definition) is 2. The fourth-order valence-corrected chi connectivity index (χ4v) is 4.08. The predicted molar refractivity (Wildman–Crippen MR) is 111 cm³/mol. The molecule has 3 nitrogen and oxygen atoms in total. The number of hydrogen-bond donors (Lipinski definition) is 1. The fourth-order valence-electron chi connectivity index (χ4n) is 3.28. The van der Waals surface area contributed by atoms with Crippen LogP contribution in [0, 0.1) is 6.42 Å². The van der Waals surface area contributed by atoms with Gasteiger partial charge in [0.25, 0.3) is 10.1 Å². The summed E-state index contributed by atoms with van der Waals surface area (Å²) in [7, 11) is -4.03. The van der Waals surface area contributed by atoms with Gasteiger partial charge in [-0.05, 0) is 12.0 Å². The van der Waals surface area contributed by atoms with Crippen molar-refractivity contribution in [1.82, 2.24) is 0 Å². The number of benzene rings is 1. The topological polar surface area (TPSA) is 54.4 Å². The molecule has 1 aromatic carbocycles. The zero-order chi connectivity index (χ0) is 19.1. The Balaban J connectivity index is 2.08. The maximum absolute atomic E-state index is 11.6. The average molecular weight is 382 g/mol. The molecule has 1 rings (SSSR count). The Morgan fingerprint density at radius 1 is 0.808 bits per heavy atom. The minimum Gasteiger partial charge on any atom is -0.285 e. The van der Waals surface area contributed by atoms with Gasteiger partial charge in [-0.2, -0.15) is 8.42 Å². The Labute approximate surface area is 161 Å². The summed E-state index contributed by atoms with van der Waals surface area (Å²) in [5.74, 6) is 0. The van der Waals surface area contributed by atoms with Gasteiger partial charge in [0, 0.05) is 6.42 Å². The van der Waals surface area contributed by atoms with Crippen molar-refractivity contribution in [3.05, 3.63) is 42.3 Å². The van der Waals surface area contributed by atoms with Gasteiger partial charge in [-0.15, -0.1) is 0 Å². The summed E-state index contributed by atoms with van der Waals surface area (Å²) >= 11 is 0. The minimum atomic E-state index is -4.03. The van der Waals surface area contributed by atoms with Gasteiger partial charge in [0.15, 0.2) is 0 Å². The molecule has 0 aromatic heterocycles. The van der Waals surface area contributed by atoms with E-state index in [9.17, 15) is 13.0 Å². The third-order valence-corrected chi connectivity index (χ3v) is 6.04. The number of rotatable bonds is 16. The number of unbranched alkanes of at least 4 members (excludes halogenated alkanes) is 11. The van der Waals surface area contributed by atoms with E-state index in [-0.39, 0.29) is 0 Å². The van der Waals surface area contributed by atoms with Crippen LogP contribution >= 0.6 is 0 Å². The first kappa shape index (κ1) is 23.2. The molecule has 149 valence electrons. The van der Waals surface area contributed by atoms with E-state index in [1.807, 2.05) is 30.3 Å². The van der Waals surface area contributed by atoms with Crippen LogP contribution in [0.1, 0.15) is 96.0 Å². The van der Waals surface area contributed by atoms with Crippen molar-refractivity contribution in [2.45, 2.75) is 95.6 Å². The molecule has 0 aliphatic carbocycles. The van der Waals surface area contributed by atoms with Gasteiger partial charge in [0.2, 0.25) is 0 Å². The molecule has 1 aromatic rings. The van der Waals surface area contributed by atoms with Gasteiger partial charge >= 0.3 is 0 Å². The van der Waals surface area contributed by atoms with Crippen molar-refractivity contribution in [3.63, 3.8) is 0 Å². The molecule has 0 bridgehead atoms. The Morgan fingerprint density at radius 2 is 1.27 bits per heavy atom. The summed E-state index contributed by atoms with van der Waals surface area (Å²) in [5, 5.41) is -0.798. The summed E-state index contributed by atoms with van der Waals surface area (Å²) in [6.07, 6.45) is 17.2. The highest BCUT2D eigenvalue weighted by Crippen LogP contribution is 2.19. The molecule has 0 heterocycles. The largest absolute Gasteiger partial charge is 0.285 e. The molecule has 0 fully saturated rings. The van der Waals surface area contributed by atoms with Gasteiger partial charge in [0.05, 0.1) is 5.25 Å². The maximum Gasteiger partial charge on any atom is 0.268 e. The zero-order valence-corrected chi connectivity index (χ0v) is 17.2. The molecule has 1 N–H and O–H groups in total. The van der Waals surface area contributed by atoms with Crippen LogP contribution in [0.4, 0.5) is 0 Å². The lowest BCUT2D eigenvalue weighted by atomic mass is 10.0. The zero-order valence-electron chi connectivity index (χ0n) is 16.4. The lowest BCUT2D eigenvalue weighted by molar-refractivity contribution is 0.464. The van der Waals surface area contributed by atoms with Crippen LogP contribution in [0.3, 0.4) is 0 Å². The normalized spacial score (nSPS) is 13.0. The van der Waals surface area contributed by atoms with Gasteiger partial charge in [-0.3, -0.25) is 4.55 Å². The molecular weight excluding hydrogens is 344 g/mol. The van der Waals surface area contributed by atoms with Gasteiger partial charge in [0.1, 0.15) is 0 Å². The van der Waals surface area contributed by atoms with E-state index in [4.69, 9.17) is 0 Å². The third kappa shape index (κ3) is 11.7. The minimum absolute atomic E-state index is 0.491. The van der Waals surface area contributed by atoms with Gasteiger partial charge < -0.3 is 0 Å². The maximum atomic E-state index is 11.6. The van der Waals surface area contributed by atoms with Crippen LogP contribution in [0.15, 0.2) is 30.3 Å². The Bertz CT molecular complexity index is 540. The second-order valence-corrected chi connectivity index (χ2v) is 8.94. The molecule has 4 heteroatoms. The first-order valence-electron chi connectivity index (χ1n) is 10.4. The van der Waals surface area contributed by atoms with E-state index in [0.29, 0.717) is 6.42 Å². The quantitative estimate of drug-likeness (QED) is 0.260. The van der Waals surface area contributed by atoms with Crippen LogP contribution in [0.2, 0.25) is 0 Å². The molecule has 0 amide bonds. The first-order valence-corrected chi connectivity index (χ1v) is 11.9. The molecule has 1 radical (unpaired) electrons. The van der Waals surface area contributed by atoms with Crippen LogP contribution in [-0.4, -0.2) is 18.2 Å². The lowest BCUT2D eigenvalue weighted by Crippen LogP contribution is -2.21. The van der Waals surface area contributed by atoms with E-state index in [1.165, 1.54) is 57.8 Å². The van der Waals surface area contributed by atoms with Crippen molar-refractivity contribution in [1.29, 1.82) is 0 Å². The van der Waals surface area contributed by atoms with Crippen molar-refractivity contribution in [2.24, 2.45) is 0 Å². The van der Waals surface area contributed by atoms with E-state index >= 15 is 0 Å². The fraction of sp³-hybridized carbons (Fsp3) is 0.682. The van der Waals surface area contributed by atoms with E-state index in [0.717, 1.165) is 24.8 Å².